The quantitative estimate of drug-likeness (QED) is 0.493. The Morgan fingerprint density at radius 3 is 2.31 bits per heavy atom. The van der Waals surface area contributed by atoms with Crippen molar-refractivity contribution in [3.63, 3.8) is 0 Å². The van der Waals surface area contributed by atoms with Crippen molar-refractivity contribution in [3.05, 3.63) is 83.6 Å². The first-order valence-corrected chi connectivity index (χ1v) is 8.46. The van der Waals surface area contributed by atoms with E-state index in [1.807, 2.05) is 18.2 Å². The summed E-state index contributed by atoms with van der Waals surface area (Å²) >= 11 is 5.23. The van der Waals surface area contributed by atoms with Crippen LogP contribution in [-0.2, 0) is 4.74 Å². The maximum absolute atomic E-state index is 13.1. The van der Waals surface area contributed by atoms with E-state index in [0.717, 1.165) is 5.56 Å². The molecule has 1 aliphatic rings. The van der Waals surface area contributed by atoms with E-state index in [-0.39, 0.29) is 11.8 Å². The molecule has 2 N–H and O–H groups in total. The highest BCUT2D eigenvalue weighted by Gasteiger charge is 2.36. The van der Waals surface area contributed by atoms with Crippen LogP contribution in [0.3, 0.4) is 0 Å². The van der Waals surface area contributed by atoms with Gasteiger partial charge in [0.25, 0.3) is 0 Å². The third-order valence-electron chi connectivity index (χ3n) is 4.30. The zero-order chi connectivity index (χ0) is 18.7. The first-order valence-electron chi connectivity index (χ1n) is 8.05. The van der Waals surface area contributed by atoms with E-state index >= 15 is 0 Å². The van der Waals surface area contributed by atoms with Gasteiger partial charge in [-0.3, -0.25) is 4.79 Å². The Labute approximate surface area is 157 Å². The molecule has 2 atom stereocenters. The van der Waals surface area contributed by atoms with E-state index in [1.54, 1.807) is 36.4 Å². The number of hydrogen-bond acceptors (Lipinski definition) is 4. The van der Waals surface area contributed by atoms with Gasteiger partial charge in [-0.15, -0.1) is 0 Å². The molecule has 1 heterocycles. The van der Waals surface area contributed by atoms with Crippen LogP contribution in [0.25, 0.3) is 0 Å². The van der Waals surface area contributed by atoms with Crippen molar-refractivity contribution in [1.82, 2.24) is 10.6 Å². The van der Waals surface area contributed by atoms with Crippen LogP contribution >= 0.6 is 12.2 Å². The molecule has 1 saturated heterocycles. The third kappa shape index (κ3) is 3.50. The lowest BCUT2D eigenvalue weighted by molar-refractivity contribution is 0.0600. The van der Waals surface area contributed by atoms with E-state index in [4.69, 9.17) is 17.0 Å². The van der Waals surface area contributed by atoms with Gasteiger partial charge in [0.05, 0.1) is 24.6 Å². The number of nitrogens with one attached hydrogen (secondary N) is 2. The smallest absolute Gasteiger partial charge is 0.337 e. The van der Waals surface area contributed by atoms with Crippen LogP contribution in [0.1, 0.15) is 32.3 Å². The first-order chi connectivity index (χ1) is 12.5. The minimum atomic E-state index is -0.534. The summed E-state index contributed by atoms with van der Waals surface area (Å²) in [5, 5.41) is 6.51. The van der Waals surface area contributed by atoms with E-state index in [2.05, 4.69) is 17.2 Å². The summed E-state index contributed by atoms with van der Waals surface area (Å²) in [6.45, 7) is 3.99. The predicted octanol–water partition coefficient (Wildman–Crippen LogP) is 3.00. The minimum absolute atomic E-state index is 0.0554. The average Bonchev–Trinajstić information content (AvgIpc) is 2.67. The summed E-state index contributed by atoms with van der Waals surface area (Å²) in [7, 11) is 1.33. The van der Waals surface area contributed by atoms with Crippen molar-refractivity contribution in [2.75, 3.05) is 7.11 Å². The molecule has 0 bridgehead atoms. The Bertz CT molecular complexity index is 862. The molecule has 0 aliphatic carbocycles. The van der Waals surface area contributed by atoms with E-state index in [0.29, 0.717) is 21.9 Å². The number of methoxy groups -OCH3 is 1. The molecular weight excluding hydrogens is 348 g/mol. The van der Waals surface area contributed by atoms with Gasteiger partial charge in [-0.2, -0.15) is 0 Å². The van der Waals surface area contributed by atoms with E-state index < -0.39 is 11.9 Å². The second-order valence-corrected chi connectivity index (χ2v) is 6.33. The lowest BCUT2D eigenvalue weighted by atomic mass is 9.83. The number of ether oxygens (including phenoxy) is 1. The Hall–Kier alpha value is -2.99. The Morgan fingerprint density at radius 2 is 1.69 bits per heavy atom. The van der Waals surface area contributed by atoms with Crippen molar-refractivity contribution >= 4 is 29.1 Å². The lowest BCUT2D eigenvalue weighted by Gasteiger charge is -2.35. The number of carbonyl (C=O) groups excluding carboxylic acids is 2. The van der Waals surface area contributed by atoms with Gasteiger partial charge in [0.1, 0.15) is 0 Å². The molecule has 26 heavy (non-hydrogen) atoms. The molecule has 0 spiro atoms. The van der Waals surface area contributed by atoms with Gasteiger partial charge < -0.3 is 15.4 Å². The van der Waals surface area contributed by atoms with Crippen LogP contribution in [0.2, 0.25) is 0 Å². The molecule has 0 saturated carbocycles. The lowest BCUT2D eigenvalue weighted by Crippen LogP contribution is -2.50. The fourth-order valence-corrected chi connectivity index (χ4v) is 3.26. The number of thiocarbonyl (C=S) groups is 1. The molecule has 0 amide bonds. The van der Waals surface area contributed by atoms with E-state index in [1.165, 1.54) is 7.11 Å². The van der Waals surface area contributed by atoms with Gasteiger partial charge in [0.15, 0.2) is 10.9 Å². The SMILES string of the molecule is C=C1NC(=S)N[C@H](c2ccc(C(=O)OC)cc2)[C@H]1C(=O)c1ccccc1. The molecule has 3 rings (SSSR count). The number of benzene rings is 2. The van der Waals surface area contributed by atoms with Crippen LogP contribution in [0.15, 0.2) is 66.9 Å². The summed E-state index contributed by atoms with van der Waals surface area (Å²) in [6.07, 6.45) is 0. The molecule has 1 aliphatic heterocycles. The number of carbonyl (C=O) groups is 2. The molecule has 6 heteroatoms. The van der Waals surface area contributed by atoms with Crippen LogP contribution in [0, 0.1) is 5.92 Å². The van der Waals surface area contributed by atoms with Crippen LogP contribution in [0.4, 0.5) is 0 Å². The fourth-order valence-electron chi connectivity index (χ4n) is 3.00. The van der Waals surface area contributed by atoms with Crippen molar-refractivity contribution in [3.8, 4) is 0 Å². The standard InChI is InChI=1S/C20H18N2O3S/c1-12-16(18(23)14-6-4-3-5-7-14)17(22-20(26)21-12)13-8-10-15(11-9-13)19(24)25-2/h3-11,16-17H,1H2,2H3,(H2,21,22,26)/t16-,17+/m0/s1. The van der Waals surface area contributed by atoms with E-state index in [9.17, 15) is 9.59 Å². The van der Waals surface area contributed by atoms with Gasteiger partial charge in [-0.05, 0) is 29.9 Å². The van der Waals surface area contributed by atoms with Gasteiger partial charge in [-0.1, -0.05) is 49.0 Å². The topological polar surface area (TPSA) is 67.4 Å². The van der Waals surface area contributed by atoms with Crippen molar-refractivity contribution in [2.24, 2.45) is 5.92 Å². The molecule has 0 radical (unpaired) electrons. The number of ketones is 1. The molecule has 0 aromatic heterocycles. The summed E-state index contributed by atoms with van der Waals surface area (Å²) in [5.41, 5.74) is 2.42. The number of esters is 1. The molecule has 2 aromatic carbocycles. The summed E-state index contributed by atoms with van der Waals surface area (Å²) in [4.78, 5) is 24.7. The summed E-state index contributed by atoms with van der Waals surface area (Å²) in [6, 6.07) is 15.6. The van der Waals surface area contributed by atoms with Crippen LogP contribution in [0.5, 0.6) is 0 Å². The Kier molecular flexibility index (Phi) is 5.14. The molecule has 0 unspecified atom stereocenters. The second-order valence-electron chi connectivity index (χ2n) is 5.92. The molecule has 2 aromatic rings. The van der Waals surface area contributed by atoms with Crippen LogP contribution < -0.4 is 10.6 Å². The predicted molar refractivity (Wildman–Crippen MR) is 103 cm³/mol. The zero-order valence-corrected chi connectivity index (χ0v) is 15.0. The van der Waals surface area contributed by atoms with Gasteiger partial charge in [-0.25, -0.2) is 4.79 Å². The van der Waals surface area contributed by atoms with Crippen molar-refractivity contribution < 1.29 is 14.3 Å². The number of rotatable bonds is 4. The highest BCUT2D eigenvalue weighted by atomic mass is 32.1. The molecule has 5 nitrogen and oxygen atoms in total. The molecule has 132 valence electrons. The average molecular weight is 366 g/mol. The first kappa shape index (κ1) is 17.8. The number of hydrogen-bond donors (Lipinski definition) is 2. The molecular formula is C20H18N2O3S. The molecule has 1 fully saturated rings. The van der Waals surface area contributed by atoms with Gasteiger partial charge in [0.2, 0.25) is 0 Å². The minimum Gasteiger partial charge on any atom is -0.465 e. The normalized spacial score (nSPS) is 19.3. The highest BCUT2D eigenvalue weighted by molar-refractivity contribution is 7.80. The van der Waals surface area contributed by atoms with Gasteiger partial charge >= 0.3 is 5.97 Å². The monoisotopic (exact) mass is 366 g/mol. The Morgan fingerprint density at radius 1 is 1.04 bits per heavy atom. The second kappa shape index (κ2) is 7.49. The third-order valence-corrected chi connectivity index (χ3v) is 4.52. The number of Topliss-reactive ketones (excluding diaryl/α,β-unsaturated/α-hetero) is 1. The highest BCUT2D eigenvalue weighted by Crippen LogP contribution is 2.32. The summed E-state index contributed by atoms with van der Waals surface area (Å²) in [5.74, 6) is -1.00. The summed E-state index contributed by atoms with van der Waals surface area (Å²) < 4.78 is 4.72. The van der Waals surface area contributed by atoms with Gasteiger partial charge in [0, 0.05) is 11.3 Å². The fraction of sp³-hybridized carbons (Fsp3) is 0.150. The van der Waals surface area contributed by atoms with Crippen LogP contribution in [-0.4, -0.2) is 24.0 Å². The largest absolute Gasteiger partial charge is 0.465 e. The zero-order valence-electron chi connectivity index (χ0n) is 14.2. The Balaban J connectivity index is 1.96. The maximum Gasteiger partial charge on any atom is 0.337 e. The van der Waals surface area contributed by atoms with Crippen molar-refractivity contribution in [2.45, 2.75) is 6.04 Å². The van der Waals surface area contributed by atoms with Crippen molar-refractivity contribution in [1.29, 1.82) is 0 Å². The maximum atomic E-state index is 13.1.